The van der Waals surface area contributed by atoms with Crippen molar-refractivity contribution in [3.63, 3.8) is 0 Å². The molecule has 0 spiro atoms. The van der Waals surface area contributed by atoms with Crippen LogP contribution in [0.2, 0.25) is 0 Å². The second-order valence-corrected chi connectivity index (χ2v) is 4.04. The van der Waals surface area contributed by atoms with Gasteiger partial charge in [-0.1, -0.05) is 18.2 Å². The molecule has 0 unspecified atom stereocenters. The number of nitrogens with one attached hydrogen (secondary N) is 1. The summed E-state index contributed by atoms with van der Waals surface area (Å²) < 4.78 is 0.831. The van der Waals surface area contributed by atoms with Crippen LogP contribution in [0.25, 0.3) is 0 Å². The second kappa shape index (κ2) is 2.93. The van der Waals surface area contributed by atoms with E-state index in [1.165, 1.54) is 6.08 Å². The van der Waals surface area contributed by atoms with Crippen molar-refractivity contribution in [3.8, 4) is 0 Å². The van der Waals surface area contributed by atoms with E-state index >= 15 is 0 Å². The van der Waals surface area contributed by atoms with Crippen LogP contribution in [0.1, 0.15) is 5.56 Å². The van der Waals surface area contributed by atoms with Crippen LogP contribution in [0.15, 0.2) is 35.3 Å². The Morgan fingerprint density at radius 3 is 2.93 bits per heavy atom. The third kappa shape index (κ3) is 1.04. The van der Waals surface area contributed by atoms with Crippen molar-refractivity contribution in [1.82, 2.24) is 0 Å². The molecule has 14 heavy (non-hydrogen) atoms. The Morgan fingerprint density at radius 1 is 1.57 bits per heavy atom. The Bertz CT molecular complexity index is 430. The quantitative estimate of drug-likeness (QED) is 0.749. The number of para-hydroxylation sites is 1. The van der Waals surface area contributed by atoms with Gasteiger partial charge >= 0.3 is 0 Å². The number of rotatable bonds is 1. The summed E-state index contributed by atoms with van der Waals surface area (Å²) in [5.74, 6) is -0.241. The molecular weight excluding hydrogens is 244 g/mol. The maximum atomic E-state index is 11.6. The topological polar surface area (TPSA) is 55.1 Å². The molecule has 0 radical (unpaired) electrons. The molecule has 0 bridgehead atoms. The Hall–Kier alpha value is -1.13. The van der Waals surface area contributed by atoms with Gasteiger partial charge in [0.2, 0.25) is 0 Å². The standard InChI is InChI=1S/C10H9BrN2O/c1-2-10(12)6-4-3-5-7(11)8(6)13-9(10)14/h2-5H,1,12H2,(H,13,14)/t10-/m1/s1. The molecule has 1 heterocycles. The average Bonchev–Trinajstić information content (AvgIpc) is 2.43. The van der Waals surface area contributed by atoms with Gasteiger partial charge in [0.05, 0.1) is 5.69 Å². The van der Waals surface area contributed by atoms with Crippen LogP contribution >= 0.6 is 15.9 Å². The van der Waals surface area contributed by atoms with Crippen LogP contribution in [-0.4, -0.2) is 5.91 Å². The number of carbonyl (C=O) groups is 1. The maximum Gasteiger partial charge on any atom is 0.253 e. The molecule has 0 aliphatic carbocycles. The van der Waals surface area contributed by atoms with Gasteiger partial charge in [0.1, 0.15) is 5.54 Å². The zero-order valence-corrected chi connectivity index (χ0v) is 8.97. The minimum Gasteiger partial charge on any atom is -0.323 e. The monoisotopic (exact) mass is 252 g/mol. The lowest BCUT2D eigenvalue weighted by Crippen LogP contribution is -2.41. The van der Waals surface area contributed by atoms with Crippen LogP contribution < -0.4 is 11.1 Å². The van der Waals surface area contributed by atoms with Crippen molar-refractivity contribution >= 4 is 27.5 Å². The summed E-state index contributed by atoms with van der Waals surface area (Å²) >= 11 is 3.35. The first-order chi connectivity index (χ1) is 6.59. The highest BCUT2D eigenvalue weighted by Gasteiger charge is 2.41. The summed E-state index contributed by atoms with van der Waals surface area (Å²) in [4.78, 5) is 11.6. The summed E-state index contributed by atoms with van der Waals surface area (Å²) in [7, 11) is 0. The van der Waals surface area contributed by atoms with E-state index < -0.39 is 5.54 Å². The molecule has 3 nitrogen and oxygen atoms in total. The first-order valence-electron chi connectivity index (χ1n) is 4.12. The predicted molar refractivity (Wildman–Crippen MR) is 58.8 cm³/mol. The van der Waals surface area contributed by atoms with E-state index in [4.69, 9.17) is 5.73 Å². The van der Waals surface area contributed by atoms with E-state index in [0.717, 1.165) is 15.7 Å². The molecule has 3 N–H and O–H groups in total. The number of fused-ring (bicyclic) bond motifs is 1. The van der Waals surface area contributed by atoms with Gasteiger partial charge in [-0.2, -0.15) is 0 Å². The fraction of sp³-hybridized carbons (Fsp3) is 0.100. The molecule has 1 atom stereocenters. The van der Waals surface area contributed by atoms with E-state index in [-0.39, 0.29) is 5.91 Å². The molecule has 2 rings (SSSR count). The second-order valence-electron chi connectivity index (χ2n) is 3.19. The largest absolute Gasteiger partial charge is 0.323 e. The van der Waals surface area contributed by atoms with Crippen LogP contribution in [0.4, 0.5) is 5.69 Å². The predicted octanol–water partition coefficient (Wildman–Crippen LogP) is 1.74. The molecule has 1 amide bonds. The van der Waals surface area contributed by atoms with Crippen molar-refractivity contribution < 1.29 is 4.79 Å². The lowest BCUT2D eigenvalue weighted by molar-refractivity contribution is -0.119. The smallest absolute Gasteiger partial charge is 0.253 e. The first-order valence-corrected chi connectivity index (χ1v) is 4.92. The molecule has 0 saturated heterocycles. The SMILES string of the molecule is C=C[C@]1(N)C(=O)Nc2c(Br)cccc21. The van der Waals surface area contributed by atoms with E-state index in [9.17, 15) is 4.79 Å². The highest BCUT2D eigenvalue weighted by Crippen LogP contribution is 2.39. The molecule has 1 aliphatic heterocycles. The Balaban J connectivity index is 2.70. The lowest BCUT2D eigenvalue weighted by Gasteiger charge is -2.16. The number of halogens is 1. The van der Waals surface area contributed by atoms with Gasteiger partial charge in [0.15, 0.2) is 0 Å². The summed E-state index contributed by atoms with van der Waals surface area (Å²) in [6, 6.07) is 5.52. The van der Waals surface area contributed by atoms with Gasteiger partial charge in [0, 0.05) is 10.0 Å². The van der Waals surface area contributed by atoms with E-state index in [1.54, 1.807) is 0 Å². The molecule has 0 aromatic heterocycles. The minimum absolute atomic E-state index is 0.241. The summed E-state index contributed by atoms with van der Waals surface area (Å²) in [5.41, 5.74) is 6.33. The van der Waals surface area contributed by atoms with E-state index in [2.05, 4.69) is 27.8 Å². The zero-order chi connectivity index (χ0) is 10.3. The summed E-state index contributed by atoms with van der Waals surface area (Å²) in [5, 5.41) is 2.73. The van der Waals surface area contributed by atoms with Gasteiger partial charge in [-0.05, 0) is 22.0 Å². The Labute approximate surface area is 90.1 Å². The van der Waals surface area contributed by atoms with E-state index in [1.807, 2.05) is 18.2 Å². The van der Waals surface area contributed by atoms with Gasteiger partial charge in [-0.3, -0.25) is 4.79 Å². The number of benzene rings is 1. The summed E-state index contributed by atoms with van der Waals surface area (Å²) in [6.45, 7) is 3.59. The Morgan fingerprint density at radius 2 is 2.29 bits per heavy atom. The van der Waals surface area contributed by atoms with Crippen molar-refractivity contribution in [2.45, 2.75) is 5.54 Å². The highest BCUT2D eigenvalue weighted by atomic mass is 79.9. The van der Waals surface area contributed by atoms with Crippen LogP contribution in [0, 0.1) is 0 Å². The lowest BCUT2D eigenvalue weighted by atomic mass is 9.93. The number of hydrogen-bond acceptors (Lipinski definition) is 2. The fourth-order valence-electron chi connectivity index (χ4n) is 1.54. The van der Waals surface area contributed by atoms with Crippen molar-refractivity contribution in [2.75, 3.05) is 5.32 Å². The zero-order valence-electron chi connectivity index (χ0n) is 7.38. The third-order valence-corrected chi connectivity index (χ3v) is 3.06. The number of nitrogens with two attached hydrogens (primary N) is 1. The van der Waals surface area contributed by atoms with E-state index in [0.29, 0.717) is 0 Å². The number of anilines is 1. The normalized spacial score (nSPS) is 24.3. The highest BCUT2D eigenvalue weighted by molar-refractivity contribution is 9.10. The molecule has 4 heteroatoms. The Kier molecular flexibility index (Phi) is 1.97. The van der Waals surface area contributed by atoms with Gasteiger partial charge < -0.3 is 11.1 Å². The fourth-order valence-corrected chi connectivity index (χ4v) is 2.00. The average molecular weight is 253 g/mol. The summed E-state index contributed by atoms with van der Waals surface area (Å²) in [6.07, 6.45) is 1.46. The van der Waals surface area contributed by atoms with Gasteiger partial charge in [-0.25, -0.2) is 0 Å². The van der Waals surface area contributed by atoms with Crippen molar-refractivity contribution in [1.29, 1.82) is 0 Å². The molecule has 1 aliphatic rings. The number of amides is 1. The number of hydrogen-bond donors (Lipinski definition) is 2. The van der Waals surface area contributed by atoms with Gasteiger partial charge in [-0.15, -0.1) is 6.58 Å². The molecule has 0 saturated carbocycles. The molecule has 0 fully saturated rings. The molecule has 72 valence electrons. The molecule has 1 aromatic carbocycles. The van der Waals surface area contributed by atoms with Crippen molar-refractivity contribution in [2.24, 2.45) is 5.73 Å². The minimum atomic E-state index is -1.10. The molecule has 1 aromatic rings. The van der Waals surface area contributed by atoms with Crippen LogP contribution in [-0.2, 0) is 10.3 Å². The molecular formula is C10H9BrN2O. The maximum absolute atomic E-state index is 11.6. The third-order valence-electron chi connectivity index (χ3n) is 2.40. The first kappa shape index (κ1) is 9.43. The number of carbonyl (C=O) groups excluding carboxylic acids is 1. The van der Waals surface area contributed by atoms with Crippen molar-refractivity contribution in [3.05, 3.63) is 40.9 Å². The van der Waals surface area contributed by atoms with Crippen LogP contribution in [0.3, 0.4) is 0 Å². The van der Waals surface area contributed by atoms with Crippen LogP contribution in [0.5, 0.6) is 0 Å². The van der Waals surface area contributed by atoms with Gasteiger partial charge in [0.25, 0.3) is 5.91 Å².